The van der Waals surface area contributed by atoms with Gasteiger partial charge in [0.1, 0.15) is 5.75 Å². The topological polar surface area (TPSA) is 50.8 Å². The maximum Gasteiger partial charge on any atom is 0.223 e. The maximum atomic E-state index is 12.0. The molecule has 0 saturated carbocycles. The second-order valence-corrected chi connectivity index (χ2v) is 5.69. The number of hydrogen-bond acceptors (Lipinski definition) is 4. The highest BCUT2D eigenvalue weighted by Crippen LogP contribution is 2.20. The minimum atomic E-state index is 0.137. The van der Waals surface area contributed by atoms with Crippen LogP contribution in [0.5, 0.6) is 5.75 Å². The van der Waals surface area contributed by atoms with E-state index in [1.54, 1.807) is 14.2 Å². The summed E-state index contributed by atoms with van der Waals surface area (Å²) in [7, 11) is 3.33. The number of carbonyl (C=O) groups is 1. The van der Waals surface area contributed by atoms with Crippen LogP contribution in [-0.2, 0) is 16.1 Å². The first-order valence-corrected chi connectivity index (χ1v) is 7.85. The summed E-state index contributed by atoms with van der Waals surface area (Å²) in [5.41, 5.74) is 1.25. The van der Waals surface area contributed by atoms with E-state index in [0.29, 0.717) is 13.2 Å². The third-order valence-electron chi connectivity index (χ3n) is 4.10. The van der Waals surface area contributed by atoms with Crippen molar-refractivity contribution in [1.82, 2.24) is 10.2 Å². The van der Waals surface area contributed by atoms with Gasteiger partial charge in [0.05, 0.1) is 13.7 Å². The van der Waals surface area contributed by atoms with Crippen LogP contribution >= 0.6 is 0 Å². The number of ether oxygens (including phenoxy) is 2. The van der Waals surface area contributed by atoms with Gasteiger partial charge in [0, 0.05) is 26.1 Å². The van der Waals surface area contributed by atoms with Crippen LogP contribution in [0.25, 0.3) is 0 Å². The van der Waals surface area contributed by atoms with Gasteiger partial charge in [-0.15, -0.1) is 0 Å². The van der Waals surface area contributed by atoms with Crippen molar-refractivity contribution < 1.29 is 14.3 Å². The molecule has 0 radical (unpaired) electrons. The monoisotopic (exact) mass is 306 g/mol. The summed E-state index contributed by atoms with van der Waals surface area (Å²) < 4.78 is 10.2. The molecule has 1 aliphatic heterocycles. The summed E-state index contributed by atoms with van der Waals surface area (Å²) in [6.45, 7) is 3.99. The molecule has 5 heteroatoms. The predicted octanol–water partition coefficient (Wildman–Crippen LogP) is 1.67. The second-order valence-electron chi connectivity index (χ2n) is 5.69. The molecule has 1 fully saturated rings. The Morgan fingerprint density at radius 3 is 2.77 bits per heavy atom. The number of methoxy groups -OCH3 is 2. The van der Waals surface area contributed by atoms with E-state index in [1.807, 2.05) is 12.1 Å². The molecular formula is C17H26N2O3. The van der Waals surface area contributed by atoms with Crippen LogP contribution < -0.4 is 10.1 Å². The standard InChI is InChI=1S/C17H26N2O3/c1-21-11-8-18-17(20)15-6-9-19(10-7-15)13-14-4-3-5-16(12-14)22-2/h3-5,12,15H,6-11,13H2,1-2H3,(H,18,20). The zero-order valence-corrected chi connectivity index (χ0v) is 13.5. The Hall–Kier alpha value is -1.59. The fourth-order valence-electron chi connectivity index (χ4n) is 2.80. The number of rotatable bonds is 7. The van der Waals surface area contributed by atoms with E-state index in [4.69, 9.17) is 9.47 Å². The quantitative estimate of drug-likeness (QED) is 0.779. The largest absolute Gasteiger partial charge is 0.497 e. The Balaban J connectivity index is 1.75. The molecule has 0 aromatic heterocycles. The molecule has 1 saturated heterocycles. The van der Waals surface area contributed by atoms with Crippen LogP contribution in [0.4, 0.5) is 0 Å². The lowest BCUT2D eigenvalue weighted by Crippen LogP contribution is -2.41. The van der Waals surface area contributed by atoms with E-state index in [1.165, 1.54) is 5.56 Å². The zero-order valence-electron chi connectivity index (χ0n) is 13.5. The van der Waals surface area contributed by atoms with Crippen LogP contribution in [0.2, 0.25) is 0 Å². The smallest absolute Gasteiger partial charge is 0.223 e. The second kappa shape index (κ2) is 8.76. The van der Waals surface area contributed by atoms with Gasteiger partial charge in [-0.25, -0.2) is 0 Å². The molecule has 1 amide bonds. The molecule has 0 unspecified atom stereocenters. The van der Waals surface area contributed by atoms with Gasteiger partial charge >= 0.3 is 0 Å². The van der Waals surface area contributed by atoms with Gasteiger partial charge in [0.15, 0.2) is 0 Å². The first kappa shape index (κ1) is 16.8. The highest BCUT2D eigenvalue weighted by Gasteiger charge is 2.24. The summed E-state index contributed by atoms with van der Waals surface area (Å²) >= 11 is 0. The molecule has 5 nitrogen and oxygen atoms in total. The molecule has 122 valence electrons. The highest BCUT2D eigenvalue weighted by molar-refractivity contribution is 5.78. The average molecular weight is 306 g/mol. The number of likely N-dealkylation sites (tertiary alicyclic amines) is 1. The van der Waals surface area contributed by atoms with Crippen molar-refractivity contribution in [1.29, 1.82) is 0 Å². The molecule has 1 heterocycles. The Labute approximate surface area is 132 Å². The summed E-state index contributed by atoms with van der Waals surface area (Å²) in [6, 6.07) is 8.17. The zero-order chi connectivity index (χ0) is 15.8. The Bertz CT molecular complexity index is 471. The first-order valence-electron chi connectivity index (χ1n) is 7.85. The fourth-order valence-corrected chi connectivity index (χ4v) is 2.80. The van der Waals surface area contributed by atoms with Crippen molar-refractivity contribution >= 4 is 5.91 Å². The number of hydrogen-bond donors (Lipinski definition) is 1. The Morgan fingerprint density at radius 2 is 2.09 bits per heavy atom. The number of amides is 1. The first-order chi connectivity index (χ1) is 10.7. The lowest BCUT2D eigenvalue weighted by atomic mass is 9.95. The minimum Gasteiger partial charge on any atom is -0.497 e. The molecule has 22 heavy (non-hydrogen) atoms. The number of piperidine rings is 1. The third-order valence-corrected chi connectivity index (χ3v) is 4.10. The van der Waals surface area contributed by atoms with E-state index in [-0.39, 0.29) is 11.8 Å². The lowest BCUT2D eigenvalue weighted by molar-refractivity contribution is -0.126. The lowest BCUT2D eigenvalue weighted by Gasteiger charge is -2.31. The summed E-state index contributed by atoms with van der Waals surface area (Å²) in [4.78, 5) is 14.4. The van der Waals surface area contributed by atoms with Gasteiger partial charge in [-0.3, -0.25) is 9.69 Å². The molecule has 0 spiro atoms. The van der Waals surface area contributed by atoms with Gasteiger partial charge < -0.3 is 14.8 Å². The maximum absolute atomic E-state index is 12.0. The molecule has 1 aromatic carbocycles. The van der Waals surface area contributed by atoms with Crippen molar-refractivity contribution in [3.8, 4) is 5.75 Å². The van der Waals surface area contributed by atoms with Crippen LogP contribution in [0.3, 0.4) is 0 Å². The predicted molar refractivity (Wildman–Crippen MR) is 85.9 cm³/mol. The van der Waals surface area contributed by atoms with Crippen molar-refractivity contribution in [2.24, 2.45) is 5.92 Å². The number of benzene rings is 1. The van der Waals surface area contributed by atoms with Crippen LogP contribution in [0.1, 0.15) is 18.4 Å². The molecule has 2 rings (SSSR count). The van der Waals surface area contributed by atoms with E-state index < -0.39 is 0 Å². The molecule has 1 aromatic rings. The number of nitrogens with zero attached hydrogens (tertiary/aromatic N) is 1. The number of nitrogens with one attached hydrogen (secondary N) is 1. The summed E-state index contributed by atoms with van der Waals surface area (Å²) in [5.74, 6) is 1.20. The molecule has 0 atom stereocenters. The fraction of sp³-hybridized carbons (Fsp3) is 0.588. The van der Waals surface area contributed by atoms with Gasteiger partial charge in [0.2, 0.25) is 5.91 Å². The van der Waals surface area contributed by atoms with Crippen molar-refractivity contribution in [3.63, 3.8) is 0 Å². The normalized spacial score (nSPS) is 16.5. The van der Waals surface area contributed by atoms with Crippen molar-refractivity contribution in [2.75, 3.05) is 40.5 Å². The van der Waals surface area contributed by atoms with Gasteiger partial charge in [-0.2, -0.15) is 0 Å². The van der Waals surface area contributed by atoms with E-state index in [0.717, 1.165) is 38.2 Å². The van der Waals surface area contributed by atoms with E-state index >= 15 is 0 Å². The number of carbonyl (C=O) groups excluding carboxylic acids is 1. The van der Waals surface area contributed by atoms with Gasteiger partial charge in [-0.05, 0) is 43.6 Å². The average Bonchev–Trinajstić information content (AvgIpc) is 2.56. The molecule has 0 bridgehead atoms. The van der Waals surface area contributed by atoms with E-state index in [2.05, 4.69) is 22.3 Å². The van der Waals surface area contributed by atoms with Crippen LogP contribution in [-0.4, -0.2) is 51.3 Å². The van der Waals surface area contributed by atoms with Crippen LogP contribution in [0.15, 0.2) is 24.3 Å². The highest BCUT2D eigenvalue weighted by atomic mass is 16.5. The van der Waals surface area contributed by atoms with Crippen molar-refractivity contribution in [3.05, 3.63) is 29.8 Å². The Kier molecular flexibility index (Phi) is 6.68. The summed E-state index contributed by atoms with van der Waals surface area (Å²) in [5, 5.41) is 2.93. The van der Waals surface area contributed by atoms with Crippen molar-refractivity contribution in [2.45, 2.75) is 19.4 Å². The Morgan fingerprint density at radius 1 is 1.32 bits per heavy atom. The molecule has 0 aliphatic carbocycles. The van der Waals surface area contributed by atoms with Gasteiger partial charge in [-0.1, -0.05) is 12.1 Å². The van der Waals surface area contributed by atoms with E-state index in [9.17, 15) is 4.79 Å². The minimum absolute atomic E-state index is 0.137. The SMILES string of the molecule is COCCNC(=O)C1CCN(Cc2cccc(OC)c2)CC1. The van der Waals surface area contributed by atoms with Gasteiger partial charge in [0.25, 0.3) is 0 Å². The third kappa shape index (κ3) is 5.00. The molecule has 1 N–H and O–H groups in total. The molecular weight excluding hydrogens is 280 g/mol. The summed E-state index contributed by atoms with van der Waals surface area (Å²) in [6.07, 6.45) is 1.84. The molecule has 1 aliphatic rings. The van der Waals surface area contributed by atoms with Crippen LogP contribution in [0, 0.1) is 5.92 Å².